The Hall–Kier alpha value is -1.66. The molecule has 1 saturated heterocycles. The Morgan fingerprint density at radius 2 is 1.88 bits per heavy atom. The minimum absolute atomic E-state index is 0. The van der Waals surface area contributed by atoms with Gasteiger partial charge in [-0.1, -0.05) is 6.07 Å². The standard InChI is InChI=1S/C19H31N3O3.ClH/c1-4-24-19(23)22-13-11-21(12-14-22)10-5-6-15-25-18-9-7-8-17(16-18)20(2)3;/h7-9,16H,4-6,10-15H2,1-3H3;1H. The summed E-state index contributed by atoms with van der Waals surface area (Å²) < 4.78 is 10.9. The van der Waals surface area contributed by atoms with Gasteiger partial charge in [0.25, 0.3) is 0 Å². The summed E-state index contributed by atoms with van der Waals surface area (Å²) in [5.41, 5.74) is 1.15. The zero-order chi connectivity index (χ0) is 18.1. The molecule has 1 amide bonds. The first-order valence-corrected chi connectivity index (χ1v) is 9.14. The van der Waals surface area contributed by atoms with Crippen LogP contribution in [-0.4, -0.2) is 75.9 Å². The van der Waals surface area contributed by atoms with Crippen LogP contribution >= 0.6 is 12.4 Å². The van der Waals surface area contributed by atoms with Crippen LogP contribution in [0, 0.1) is 0 Å². The molecule has 0 radical (unpaired) electrons. The van der Waals surface area contributed by atoms with Crippen LogP contribution in [-0.2, 0) is 4.74 Å². The predicted molar refractivity (Wildman–Crippen MR) is 108 cm³/mol. The van der Waals surface area contributed by atoms with Gasteiger partial charge in [0.15, 0.2) is 0 Å². The van der Waals surface area contributed by atoms with Gasteiger partial charge in [0.2, 0.25) is 0 Å². The maximum atomic E-state index is 11.7. The second-order valence-corrected chi connectivity index (χ2v) is 6.47. The molecule has 6 nitrogen and oxygen atoms in total. The van der Waals surface area contributed by atoms with Gasteiger partial charge in [-0.3, -0.25) is 4.90 Å². The lowest BCUT2D eigenvalue weighted by atomic mass is 10.2. The summed E-state index contributed by atoms with van der Waals surface area (Å²) in [6.07, 6.45) is 1.95. The number of hydrogen-bond donors (Lipinski definition) is 0. The van der Waals surface area contributed by atoms with Gasteiger partial charge >= 0.3 is 6.09 Å². The molecule has 2 rings (SSSR count). The molecule has 1 aromatic carbocycles. The summed E-state index contributed by atoms with van der Waals surface area (Å²) in [6.45, 7) is 7.43. The van der Waals surface area contributed by atoms with Gasteiger partial charge in [0.1, 0.15) is 5.75 Å². The molecular weight excluding hydrogens is 354 g/mol. The first-order chi connectivity index (χ1) is 12.1. The molecule has 0 atom stereocenters. The molecule has 7 heteroatoms. The van der Waals surface area contributed by atoms with Crippen molar-refractivity contribution in [1.82, 2.24) is 9.80 Å². The summed E-state index contributed by atoms with van der Waals surface area (Å²) in [4.78, 5) is 17.9. The number of anilines is 1. The van der Waals surface area contributed by atoms with Crippen molar-refractivity contribution >= 4 is 24.2 Å². The number of benzene rings is 1. The number of halogens is 1. The molecule has 1 aliphatic heterocycles. The first-order valence-electron chi connectivity index (χ1n) is 9.14. The average molecular weight is 386 g/mol. The van der Waals surface area contributed by atoms with Crippen LogP contribution in [0.3, 0.4) is 0 Å². The number of unbranched alkanes of at least 4 members (excludes halogenated alkanes) is 1. The van der Waals surface area contributed by atoms with Gasteiger partial charge in [-0.25, -0.2) is 4.79 Å². The largest absolute Gasteiger partial charge is 0.494 e. The predicted octanol–water partition coefficient (Wildman–Crippen LogP) is 3.11. The van der Waals surface area contributed by atoms with E-state index in [-0.39, 0.29) is 18.5 Å². The van der Waals surface area contributed by atoms with Gasteiger partial charge < -0.3 is 19.3 Å². The topological polar surface area (TPSA) is 45.3 Å². The molecule has 148 valence electrons. The first kappa shape index (κ1) is 22.4. The van der Waals surface area contributed by atoms with E-state index in [2.05, 4.69) is 21.9 Å². The Bertz CT molecular complexity index is 535. The van der Waals surface area contributed by atoms with Crippen LogP contribution in [0.2, 0.25) is 0 Å². The maximum Gasteiger partial charge on any atom is 0.409 e. The molecule has 1 fully saturated rings. The highest BCUT2D eigenvalue weighted by Gasteiger charge is 2.21. The van der Waals surface area contributed by atoms with E-state index in [1.807, 2.05) is 33.2 Å². The minimum atomic E-state index is -0.185. The molecule has 0 aromatic heterocycles. The molecule has 0 saturated carbocycles. The third-order valence-electron chi connectivity index (χ3n) is 4.37. The number of carbonyl (C=O) groups is 1. The zero-order valence-corrected chi connectivity index (χ0v) is 17.0. The number of carbonyl (C=O) groups excluding carboxylic acids is 1. The molecule has 0 N–H and O–H groups in total. The lowest BCUT2D eigenvalue weighted by Gasteiger charge is -2.33. The normalized spacial score (nSPS) is 14.5. The number of rotatable bonds is 8. The van der Waals surface area contributed by atoms with Gasteiger partial charge in [-0.2, -0.15) is 0 Å². The molecule has 0 unspecified atom stereocenters. The summed E-state index contributed by atoms with van der Waals surface area (Å²) >= 11 is 0. The number of ether oxygens (including phenoxy) is 2. The maximum absolute atomic E-state index is 11.7. The zero-order valence-electron chi connectivity index (χ0n) is 16.1. The molecule has 0 aliphatic carbocycles. The van der Waals surface area contributed by atoms with E-state index in [0.717, 1.165) is 63.6 Å². The fourth-order valence-corrected chi connectivity index (χ4v) is 2.85. The van der Waals surface area contributed by atoms with Crippen molar-refractivity contribution < 1.29 is 14.3 Å². The Balaban J connectivity index is 0.00000338. The number of piperazine rings is 1. The quantitative estimate of drug-likeness (QED) is 0.643. The summed E-state index contributed by atoms with van der Waals surface area (Å²) in [5, 5.41) is 0. The highest BCUT2D eigenvalue weighted by molar-refractivity contribution is 5.85. The monoisotopic (exact) mass is 385 g/mol. The molecule has 1 heterocycles. The van der Waals surface area contributed by atoms with Crippen LogP contribution in [0.4, 0.5) is 10.5 Å². The summed E-state index contributed by atoms with van der Waals surface area (Å²) in [6, 6.07) is 8.16. The van der Waals surface area contributed by atoms with Crippen molar-refractivity contribution in [3.05, 3.63) is 24.3 Å². The lowest BCUT2D eigenvalue weighted by Crippen LogP contribution is -2.49. The van der Waals surface area contributed by atoms with Gasteiger partial charge in [-0.15, -0.1) is 12.4 Å². The minimum Gasteiger partial charge on any atom is -0.494 e. The average Bonchev–Trinajstić information content (AvgIpc) is 2.62. The van der Waals surface area contributed by atoms with Crippen molar-refractivity contribution in [2.45, 2.75) is 19.8 Å². The smallest absolute Gasteiger partial charge is 0.409 e. The number of hydrogen-bond acceptors (Lipinski definition) is 5. The Morgan fingerprint density at radius 1 is 1.15 bits per heavy atom. The van der Waals surface area contributed by atoms with Gasteiger partial charge in [0, 0.05) is 52.0 Å². The highest BCUT2D eigenvalue weighted by atomic mass is 35.5. The van der Waals surface area contributed by atoms with E-state index in [1.54, 1.807) is 4.90 Å². The van der Waals surface area contributed by atoms with E-state index >= 15 is 0 Å². The van der Waals surface area contributed by atoms with Crippen molar-refractivity contribution in [1.29, 1.82) is 0 Å². The Labute approximate surface area is 163 Å². The van der Waals surface area contributed by atoms with Crippen LogP contribution in [0.1, 0.15) is 19.8 Å². The molecule has 26 heavy (non-hydrogen) atoms. The molecule has 1 aliphatic rings. The molecule has 0 bridgehead atoms. The molecule has 0 spiro atoms. The SMILES string of the molecule is CCOC(=O)N1CCN(CCCCOc2cccc(N(C)C)c2)CC1.Cl. The fraction of sp³-hybridized carbons (Fsp3) is 0.632. The van der Waals surface area contributed by atoms with Crippen LogP contribution in [0.5, 0.6) is 5.75 Å². The van der Waals surface area contributed by atoms with Gasteiger partial charge in [0.05, 0.1) is 13.2 Å². The van der Waals surface area contributed by atoms with Crippen LogP contribution < -0.4 is 9.64 Å². The van der Waals surface area contributed by atoms with Gasteiger partial charge in [-0.05, 0) is 38.4 Å². The van der Waals surface area contributed by atoms with E-state index in [9.17, 15) is 4.79 Å². The second-order valence-electron chi connectivity index (χ2n) is 6.47. The molecular formula is C19H32ClN3O3. The van der Waals surface area contributed by atoms with Crippen molar-refractivity contribution in [3.8, 4) is 5.75 Å². The third kappa shape index (κ3) is 7.30. The Morgan fingerprint density at radius 3 is 2.54 bits per heavy atom. The number of nitrogens with zero attached hydrogens (tertiary/aromatic N) is 3. The number of amides is 1. The Kier molecular flexibility index (Phi) is 10.2. The van der Waals surface area contributed by atoms with E-state index in [1.165, 1.54) is 0 Å². The van der Waals surface area contributed by atoms with Crippen LogP contribution in [0.25, 0.3) is 0 Å². The molecule has 1 aromatic rings. The van der Waals surface area contributed by atoms with Crippen molar-refractivity contribution in [2.75, 3.05) is 64.9 Å². The van der Waals surface area contributed by atoms with E-state index in [4.69, 9.17) is 9.47 Å². The van der Waals surface area contributed by atoms with E-state index < -0.39 is 0 Å². The van der Waals surface area contributed by atoms with Crippen LogP contribution in [0.15, 0.2) is 24.3 Å². The highest BCUT2D eigenvalue weighted by Crippen LogP contribution is 2.19. The lowest BCUT2D eigenvalue weighted by molar-refractivity contribution is 0.0789. The fourth-order valence-electron chi connectivity index (χ4n) is 2.85. The van der Waals surface area contributed by atoms with Crippen molar-refractivity contribution in [2.24, 2.45) is 0 Å². The van der Waals surface area contributed by atoms with Crippen molar-refractivity contribution in [3.63, 3.8) is 0 Å². The summed E-state index contributed by atoms with van der Waals surface area (Å²) in [5.74, 6) is 0.925. The second kappa shape index (κ2) is 11.9. The summed E-state index contributed by atoms with van der Waals surface area (Å²) in [7, 11) is 4.06. The third-order valence-corrected chi connectivity index (χ3v) is 4.37. The van der Waals surface area contributed by atoms with E-state index in [0.29, 0.717) is 6.61 Å².